The van der Waals surface area contributed by atoms with Crippen LogP contribution in [0.15, 0.2) is 0 Å². The summed E-state index contributed by atoms with van der Waals surface area (Å²) in [6.07, 6.45) is 0.953. The van der Waals surface area contributed by atoms with E-state index in [-0.39, 0.29) is 12.1 Å². The van der Waals surface area contributed by atoms with Gasteiger partial charge in [0.1, 0.15) is 0 Å². The van der Waals surface area contributed by atoms with Crippen molar-refractivity contribution >= 4 is 0 Å². The van der Waals surface area contributed by atoms with E-state index >= 15 is 0 Å². The molecular weight excluding hydrogens is 204 g/mol. The fourth-order valence-corrected chi connectivity index (χ4v) is 1.70. The molecule has 2 N–H and O–H groups in total. The van der Waals surface area contributed by atoms with Gasteiger partial charge in [-0.15, -0.1) is 0 Å². The maximum absolute atomic E-state index is 9.37. The number of likely N-dealkylation sites (N-methyl/N-ethyl adjacent to an activating group) is 2. The average molecular weight is 232 g/mol. The first kappa shape index (κ1) is 15.8. The van der Waals surface area contributed by atoms with E-state index in [1.807, 2.05) is 0 Å². The van der Waals surface area contributed by atoms with E-state index in [2.05, 4.69) is 31.0 Å². The molecule has 1 unspecified atom stereocenters. The Balaban J connectivity index is 3.96. The van der Waals surface area contributed by atoms with Gasteiger partial charge in [0.05, 0.1) is 13.2 Å². The molecule has 0 aromatic heterocycles. The molecule has 0 rings (SSSR count). The van der Waals surface area contributed by atoms with Crippen LogP contribution in [0.4, 0.5) is 0 Å². The fourth-order valence-electron chi connectivity index (χ4n) is 1.70. The van der Waals surface area contributed by atoms with Gasteiger partial charge >= 0.3 is 0 Å². The van der Waals surface area contributed by atoms with Crippen LogP contribution in [0.1, 0.15) is 27.2 Å². The molecule has 0 aliphatic rings. The Morgan fingerprint density at radius 1 is 1.31 bits per heavy atom. The van der Waals surface area contributed by atoms with Crippen LogP contribution >= 0.6 is 0 Å². The Morgan fingerprint density at radius 2 is 2.00 bits per heavy atom. The summed E-state index contributed by atoms with van der Waals surface area (Å²) < 4.78 is 5.07. The van der Waals surface area contributed by atoms with E-state index in [0.29, 0.717) is 0 Å². The number of hydrogen-bond donors (Lipinski definition) is 2. The Kier molecular flexibility index (Phi) is 8.84. The molecular formula is C12H28N2O2. The van der Waals surface area contributed by atoms with Crippen LogP contribution in [-0.4, -0.2) is 62.0 Å². The number of hydrogen-bond acceptors (Lipinski definition) is 4. The summed E-state index contributed by atoms with van der Waals surface area (Å²) in [5.41, 5.74) is -0.157. The van der Waals surface area contributed by atoms with Crippen LogP contribution in [0.2, 0.25) is 0 Å². The zero-order valence-electron chi connectivity index (χ0n) is 11.3. The Labute approximate surface area is 100.0 Å². The molecule has 0 aliphatic heterocycles. The summed E-state index contributed by atoms with van der Waals surface area (Å²) in [5.74, 6) is 0. The van der Waals surface area contributed by atoms with Crippen LogP contribution in [0, 0.1) is 0 Å². The van der Waals surface area contributed by atoms with Crippen molar-refractivity contribution in [2.45, 2.75) is 32.7 Å². The smallest absolute Gasteiger partial charge is 0.0611 e. The fraction of sp³-hybridized carbons (Fsp3) is 1.00. The number of methoxy groups -OCH3 is 1. The molecule has 0 fully saturated rings. The van der Waals surface area contributed by atoms with E-state index < -0.39 is 0 Å². The minimum atomic E-state index is -0.157. The van der Waals surface area contributed by atoms with E-state index in [4.69, 9.17) is 4.74 Å². The zero-order chi connectivity index (χ0) is 12.4. The molecule has 0 radical (unpaired) electrons. The van der Waals surface area contributed by atoms with Gasteiger partial charge in [-0.2, -0.15) is 0 Å². The Hall–Kier alpha value is -0.160. The first-order valence-corrected chi connectivity index (χ1v) is 6.19. The van der Waals surface area contributed by atoms with Crippen LogP contribution in [0.5, 0.6) is 0 Å². The van der Waals surface area contributed by atoms with Crippen molar-refractivity contribution in [2.75, 3.05) is 46.5 Å². The Bertz CT molecular complexity index is 167. The van der Waals surface area contributed by atoms with Crippen LogP contribution in [0.25, 0.3) is 0 Å². The number of nitrogens with one attached hydrogen (secondary N) is 1. The van der Waals surface area contributed by atoms with Crippen molar-refractivity contribution in [2.24, 2.45) is 0 Å². The first-order chi connectivity index (χ1) is 7.61. The van der Waals surface area contributed by atoms with E-state index in [1.165, 1.54) is 0 Å². The van der Waals surface area contributed by atoms with Gasteiger partial charge in [-0.25, -0.2) is 0 Å². The van der Waals surface area contributed by atoms with Crippen molar-refractivity contribution in [3.8, 4) is 0 Å². The maximum atomic E-state index is 9.37. The van der Waals surface area contributed by atoms with Crippen molar-refractivity contribution in [3.05, 3.63) is 0 Å². The van der Waals surface area contributed by atoms with Crippen LogP contribution < -0.4 is 5.32 Å². The summed E-state index contributed by atoms with van der Waals surface area (Å²) in [5, 5.41) is 12.7. The third kappa shape index (κ3) is 6.43. The van der Waals surface area contributed by atoms with Gasteiger partial charge in [0.15, 0.2) is 0 Å². The van der Waals surface area contributed by atoms with Crippen LogP contribution in [-0.2, 0) is 4.74 Å². The first-order valence-electron chi connectivity index (χ1n) is 6.19. The number of aliphatic hydroxyl groups excluding tert-OH is 1. The van der Waals surface area contributed by atoms with Gasteiger partial charge in [-0.3, -0.25) is 0 Å². The monoisotopic (exact) mass is 232 g/mol. The highest BCUT2D eigenvalue weighted by Gasteiger charge is 2.22. The number of rotatable bonds is 10. The molecule has 0 heterocycles. The van der Waals surface area contributed by atoms with Gasteiger partial charge in [-0.1, -0.05) is 13.8 Å². The second-order valence-electron chi connectivity index (χ2n) is 4.43. The number of ether oxygens (including phenoxy) is 1. The van der Waals surface area contributed by atoms with Gasteiger partial charge in [0.25, 0.3) is 0 Å². The molecule has 0 amide bonds. The van der Waals surface area contributed by atoms with Gasteiger partial charge < -0.3 is 20.1 Å². The predicted octanol–water partition coefficient (Wildman–Crippen LogP) is 0.705. The lowest BCUT2D eigenvalue weighted by atomic mass is 9.98. The second-order valence-corrected chi connectivity index (χ2v) is 4.43. The molecule has 0 saturated carbocycles. The van der Waals surface area contributed by atoms with Gasteiger partial charge in [0.2, 0.25) is 0 Å². The Morgan fingerprint density at radius 3 is 2.44 bits per heavy atom. The molecule has 98 valence electrons. The summed E-state index contributed by atoms with van der Waals surface area (Å²) in [6, 6.07) is 0. The molecule has 0 saturated heterocycles. The summed E-state index contributed by atoms with van der Waals surface area (Å²) in [7, 11) is 1.73. The van der Waals surface area contributed by atoms with E-state index in [9.17, 15) is 5.11 Å². The summed E-state index contributed by atoms with van der Waals surface area (Å²) >= 11 is 0. The minimum Gasteiger partial charge on any atom is -0.394 e. The second kappa shape index (κ2) is 8.93. The lowest BCUT2D eigenvalue weighted by molar-refractivity contribution is 0.124. The third-order valence-electron chi connectivity index (χ3n) is 2.99. The SMILES string of the molecule is CCNC(C)(CO)CCN(CC)CCOC. The number of aliphatic hydroxyl groups is 1. The normalized spacial score (nSPS) is 15.4. The molecule has 1 atom stereocenters. The highest BCUT2D eigenvalue weighted by atomic mass is 16.5. The van der Waals surface area contributed by atoms with Crippen molar-refractivity contribution in [1.82, 2.24) is 10.2 Å². The third-order valence-corrected chi connectivity index (χ3v) is 2.99. The average Bonchev–Trinajstić information content (AvgIpc) is 2.30. The highest BCUT2D eigenvalue weighted by Crippen LogP contribution is 2.09. The maximum Gasteiger partial charge on any atom is 0.0611 e. The van der Waals surface area contributed by atoms with Crippen molar-refractivity contribution < 1.29 is 9.84 Å². The van der Waals surface area contributed by atoms with E-state index in [1.54, 1.807) is 7.11 Å². The lowest BCUT2D eigenvalue weighted by Crippen LogP contribution is -2.48. The van der Waals surface area contributed by atoms with Gasteiger partial charge in [-0.05, 0) is 26.4 Å². The topological polar surface area (TPSA) is 44.7 Å². The molecule has 0 aliphatic carbocycles. The summed E-state index contributed by atoms with van der Waals surface area (Å²) in [4.78, 5) is 2.34. The molecule has 4 heteroatoms. The number of nitrogens with zero attached hydrogens (tertiary/aromatic N) is 1. The molecule has 4 nitrogen and oxygen atoms in total. The highest BCUT2D eigenvalue weighted by molar-refractivity contribution is 4.82. The summed E-state index contributed by atoms with van der Waals surface area (Å²) in [6.45, 7) is 11.1. The molecule has 0 aromatic rings. The van der Waals surface area contributed by atoms with Crippen LogP contribution in [0.3, 0.4) is 0 Å². The minimum absolute atomic E-state index is 0.157. The largest absolute Gasteiger partial charge is 0.394 e. The zero-order valence-corrected chi connectivity index (χ0v) is 11.3. The lowest BCUT2D eigenvalue weighted by Gasteiger charge is -2.31. The molecule has 0 aromatic carbocycles. The predicted molar refractivity (Wildman–Crippen MR) is 67.8 cm³/mol. The van der Waals surface area contributed by atoms with Crippen molar-refractivity contribution in [3.63, 3.8) is 0 Å². The molecule has 0 spiro atoms. The quantitative estimate of drug-likeness (QED) is 0.582. The molecule has 16 heavy (non-hydrogen) atoms. The van der Waals surface area contributed by atoms with Crippen molar-refractivity contribution in [1.29, 1.82) is 0 Å². The standard InChI is InChI=1S/C12H28N2O2/c1-5-13-12(3,11-15)7-8-14(6-2)9-10-16-4/h13,15H,5-11H2,1-4H3. The molecule has 0 bridgehead atoms. The van der Waals surface area contributed by atoms with Gasteiger partial charge in [0, 0.05) is 25.7 Å². The van der Waals surface area contributed by atoms with E-state index in [0.717, 1.165) is 39.2 Å².